The molecule has 0 aromatic rings. The Morgan fingerprint density at radius 2 is 1.50 bits per heavy atom. The van der Waals surface area contributed by atoms with Crippen LogP contribution in [0.15, 0.2) is 0 Å². The van der Waals surface area contributed by atoms with Gasteiger partial charge in [0.1, 0.15) is 0 Å². The zero-order valence-corrected chi connectivity index (χ0v) is 6.45. The topological polar surface area (TPSA) is 14.1 Å². The van der Waals surface area contributed by atoms with Crippen LogP contribution >= 0.6 is 35.1 Å². The van der Waals surface area contributed by atoms with Crippen molar-refractivity contribution in [3.63, 3.8) is 0 Å². The SMILES string of the molecule is FC(F)(F)[N]SC(F)(Cl)Cl. The van der Waals surface area contributed by atoms with Crippen LogP contribution in [-0.4, -0.2) is 10.2 Å². The third-order valence-electron chi connectivity index (χ3n) is 0.253. The minimum absolute atomic E-state index is 0.595. The van der Waals surface area contributed by atoms with Gasteiger partial charge in [0.25, 0.3) is 0 Å². The fourth-order valence-corrected chi connectivity index (χ4v) is 0.518. The molecule has 0 aliphatic rings. The molecule has 1 radical (unpaired) electrons. The van der Waals surface area contributed by atoms with Gasteiger partial charge in [-0.2, -0.15) is 17.6 Å². The molecule has 0 atom stereocenters. The summed E-state index contributed by atoms with van der Waals surface area (Å²) in [5.74, 6) is 0. The smallest absolute Gasteiger partial charge is 0.194 e. The molecule has 1 nitrogen and oxygen atoms in total. The summed E-state index contributed by atoms with van der Waals surface area (Å²) in [6.07, 6.45) is -4.81. The second-order valence-electron chi connectivity index (χ2n) is 1.10. The van der Waals surface area contributed by atoms with Crippen molar-refractivity contribution in [1.29, 1.82) is 0 Å². The summed E-state index contributed by atoms with van der Waals surface area (Å²) in [7, 11) is 0. The summed E-state index contributed by atoms with van der Waals surface area (Å²) in [6, 6.07) is 0. The monoisotopic (exact) mass is 216 g/mol. The Labute approximate surface area is 68.2 Å². The molecule has 0 amide bonds. The third-order valence-corrected chi connectivity index (χ3v) is 1.17. The summed E-state index contributed by atoms with van der Waals surface area (Å²) in [5.41, 5.74) is 0. The van der Waals surface area contributed by atoms with Gasteiger partial charge in [-0.25, -0.2) is 0 Å². The highest BCUT2D eigenvalue weighted by Crippen LogP contribution is 2.36. The highest BCUT2D eigenvalue weighted by molar-refractivity contribution is 8.01. The van der Waals surface area contributed by atoms with Crippen LogP contribution in [0.1, 0.15) is 0 Å². The second-order valence-corrected chi connectivity index (χ2v) is 3.71. The van der Waals surface area contributed by atoms with E-state index in [1.54, 1.807) is 4.72 Å². The van der Waals surface area contributed by atoms with Gasteiger partial charge in [0, 0.05) is 11.9 Å². The van der Waals surface area contributed by atoms with Crippen LogP contribution in [-0.2, 0) is 0 Å². The molecule has 10 heavy (non-hydrogen) atoms. The van der Waals surface area contributed by atoms with Crippen LogP contribution in [0, 0.1) is 0 Å². The van der Waals surface area contributed by atoms with Crippen molar-refractivity contribution in [3.8, 4) is 0 Å². The molecule has 0 saturated carbocycles. The zero-order valence-electron chi connectivity index (χ0n) is 4.12. The Kier molecular flexibility index (Phi) is 3.54. The standard InChI is InChI=1S/C2Cl2F4NS/c3-1(4,5)10-9-2(6,7)8. The van der Waals surface area contributed by atoms with E-state index in [-0.39, 0.29) is 0 Å². The van der Waals surface area contributed by atoms with Crippen LogP contribution in [0.4, 0.5) is 17.6 Å². The van der Waals surface area contributed by atoms with Crippen molar-refractivity contribution in [2.75, 3.05) is 0 Å². The predicted octanol–water partition coefficient (Wildman–Crippen LogP) is 2.82. The van der Waals surface area contributed by atoms with E-state index in [2.05, 4.69) is 23.2 Å². The number of hydrogen-bond acceptors (Lipinski definition) is 1. The first-order valence-corrected chi connectivity index (χ1v) is 3.27. The summed E-state index contributed by atoms with van der Waals surface area (Å²) >= 11 is 8.42. The lowest BCUT2D eigenvalue weighted by Gasteiger charge is -2.08. The minimum Gasteiger partial charge on any atom is -0.194 e. The fraction of sp³-hybridized carbons (Fsp3) is 1.00. The number of alkyl halides is 6. The van der Waals surface area contributed by atoms with Crippen LogP contribution in [0.25, 0.3) is 0 Å². The van der Waals surface area contributed by atoms with Crippen molar-refractivity contribution in [2.24, 2.45) is 0 Å². The lowest BCUT2D eigenvalue weighted by atomic mass is 11.3. The van der Waals surface area contributed by atoms with Gasteiger partial charge in [0.05, 0.1) is 0 Å². The van der Waals surface area contributed by atoms with E-state index in [1.165, 1.54) is 0 Å². The van der Waals surface area contributed by atoms with Crippen LogP contribution < -0.4 is 4.72 Å². The van der Waals surface area contributed by atoms with Gasteiger partial charge >= 0.3 is 10.2 Å². The molecule has 0 N–H and O–H groups in total. The fourth-order valence-electron chi connectivity index (χ4n) is 0.104. The summed E-state index contributed by atoms with van der Waals surface area (Å²) in [5, 5.41) is 0. The van der Waals surface area contributed by atoms with Gasteiger partial charge < -0.3 is 0 Å². The molecule has 0 heterocycles. The Bertz CT molecular complexity index is 94.8. The van der Waals surface area contributed by atoms with Gasteiger partial charge in [0.15, 0.2) is 0 Å². The molecule has 0 aromatic carbocycles. The number of rotatable bonds is 2. The van der Waals surface area contributed by atoms with Gasteiger partial charge in [0.2, 0.25) is 0 Å². The molecule has 0 aromatic heterocycles. The third kappa shape index (κ3) is 8.61. The number of nitrogens with zero attached hydrogens (tertiary/aromatic N) is 1. The average Bonchev–Trinajstić information content (AvgIpc) is 1.57. The number of halogens is 6. The Balaban J connectivity index is 3.56. The van der Waals surface area contributed by atoms with Crippen molar-refractivity contribution in [2.45, 2.75) is 10.2 Å². The zero-order chi connectivity index (χ0) is 8.41. The first-order chi connectivity index (χ1) is 4.21. The first-order valence-electron chi connectivity index (χ1n) is 1.74. The molecule has 0 bridgehead atoms. The van der Waals surface area contributed by atoms with Crippen LogP contribution in [0.3, 0.4) is 0 Å². The van der Waals surface area contributed by atoms with Crippen LogP contribution in [0.2, 0.25) is 0 Å². The lowest BCUT2D eigenvalue weighted by molar-refractivity contribution is -0.139. The van der Waals surface area contributed by atoms with E-state index >= 15 is 0 Å². The molecule has 8 heteroatoms. The van der Waals surface area contributed by atoms with Crippen molar-refractivity contribution in [3.05, 3.63) is 0 Å². The Hall–Kier alpha value is 0.610. The Morgan fingerprint density at radius 1 is 1.10 bits per heavy atom. The molecule has 0 aliphatic carbocycles. The van der Waals surface area contributed by atoms with E-state index in [0.717, 1.165) is 0 Å². The molecular weight excluding hydrogens is 217 g/mol. The average molecular weight is 217 g/mol. The quantitative estimate of drug-likeness (QED) is 0.300. The molecule has 0 unspecified atom stereocenters. The molecule has 0 aliphatic heterocycles. The van der Waals surface area contributed by atoms with Crippen LogP contribution in [0.5, 0.6) is 0 Å². The molecule has 0 fully saturated rings. The van der Waals surface area contributed by atoms with Gasteiger partial charge in [-0.15, -0.1) is 0 Å². The maximum Gasteiger partial charge on any atom is 0.484 e. The van der Waals surface area contributed by atoms with Crippen molar-refractivity contribution in [1.82, 2.24) is 4.72 Å². The molecule has 0 spiro atoms. The van der Waals surface area contributed by atoms with Crippen molar-refractivity contribution >= 4 is 35.1 Å². The van der Waals surface area contributed by atoms with Gasteiger partial charge in [-0.3, -0.25) is 0 Å². The van der Waals surface area contributed by atoms with E-state index < -0.39 is 22.2 Å². The van der Waals surface area contributed by atoms with Gasteiger partial charge in [-0.1, -0.05) is 27.9 Å². The maximum atomic E-state index is 11.8. The van der Waals surface area contributed by atoms with E-state index in [1.807, 2.05) is 0 Å². The number of hydrogen-bond donors (Lipinski definition) is 0. The molecule has 0 rings (SSSR count). The summed E-state index contributed by atoms with van der Waals surface area (Å²) in [6.45, 7) is 0. The predicted molar refractivity (Wildman–Crippen MR) is 31.3 cm³/mol. The molecule has 61 valence electrons. The van der Waals surface area contributed by atoms with Crippen molar-refractivity contribution < 1.29 is 17.6 Å². The van der Waals surface area contributed by atoms with E-state index in [0.29, 0.717) is 0 Å². The normalized spacial score (nSPS) is 13.8. The lowest BCUT2D eigenvalue weighted by Crippen LogP contribution is -2.21. The largest absolute Gasteiger partial charge is 0.484 e. The summed E-state index contributed by atoms with van der Waals surface area (Å²) in [4.78, 5) is 0. The maximum absolute atomic E-state index is 11.8. The summed E-state index contributed by atoms with van der Waals surface area (Å²) < 4.78 is 44.0. The Morgan fingerprint density at radius 3 is 1.60 bits per heavy atom. The van der Waals surface area contributed by atoms with E-state index in [4.69, 9.17) is 0 Å². The second kappa shape index (κ2) is 3.34. The minimum atomic E-state index is -4.81. The first kappa shape index (κ1) is 10.6. The highest BCUT2D eigenvalue weighted by atomic mass is 35.5. The molecule has 0 saturated heterocycles. The highest BCUT2D eigenvalue weighted by Gasteiger charge is 2.36. The van der Waals surface area contributed by atoms with Gasteiger partial charge in [-0.05, 0) is 0 Å². The molecular formula is C2Cl2F4NS. The van der Waals surface area contributed by atoms with E-state index in [9.17, 15) is 17.6 Å².